The van der Waals surface area contributed by atoms with Gasteiger partial charge in [0.15, 0.2) is 6.61 Å². The third kappa shape index (κ3) is 13.0. The van der Waals surface area contributed by atoms with Crippen LogP contribution in [-0.2, 0) is 9.53 Å². The zero-order valence-corrected chi connectivity index (χ0v) is 20.7. The third-order valence-electron chi connectivity index (χ3n) is 5.71. The summed E-state index contributed by atoms with van der Waals surface area (Å²) in [5.74, 6) is 0.498. The van der Waals surface area contributed by atoms with Crippen LogP contribution in [0, 0.1) is 0 Å². The van der Waals surface area contributed by atoms with Gasteiger partial charge in [-0.3, -0.25) is 4.99 Å². The number of ether oxygens (including phenoxy) is 2. The maximum Gasteiger partial charge on any atom is 0.344 e. The second-order valence-electron chi connectivity index (χ2n) is 8.74. The van der Waals surface area contributed by atoms with Crippen molar-refractivity contribution >= 4 is 17.9 Å². The minimum Gasteiger partial charge on any atom is -0.508 e. The first kappa shape index (κ1) is 27.4. The van der Waals surface area contributed by atoms with E-state index in [1.54, 1.807) is 42.6 Å². The van der Waals surface area contributed by atoms with Gasteiger partial charge in [-0.1, -0.05) is 77.6 Å². The first-order valence-corrected chi connectivity index (χ1v) is 12.9. The lowest BCUT2D eigenvalue weighted by Gasteiger charge is -2.07. The van der Waals surface area contributed by atoms with E-state index < -0.39 is 0 Å². The summed E-state index contributed by atoms with van der Waals surface area (Å²) >= 11 is 0. The molecule has 0 aromatic heterocycles. The van der Waals surface area contributed by atoms with Crippen molar-refractivity contribution in [3.8, 4) is 11.5 Å². The van der Waals surface area contributed by atoms with E-state index in [2.05, 4.69) is 11.9 Å². The number of unbranched alkanes of at least 4 members (excludes halogenated alkanes) is 11. The maximum atomic E-state index is 11.9. The largest absolute Gasteiger partial charge is 0.508 e. The fourth-order valence-corrected chi connectivity index (χ4v) is 3.65. The van der Waals surface area contributed by atoms with Gasteiger partial charge in [-0.2, -0.15) is 0 Å². The van der Waals surface area contributed by atoms with Crippen LogP contribution in [0.4, 0.5) is 5.69 Å². The Labute approximate surface area is 205 Å². The number of esters is 1. The van der Waals surface area contributed by atoms with E-state index in [-0.39, 0.29) is 18.3 Å². The van der Waals surface area contributed by atoms with Crippen LogP contribution in [0.3, 0.4) is 0 Å². The van der Waals surface area contributed by atoms with Gasteiger partial charge < -0.3 is 14.6 Å². The number of nitrogens with zero attached hydrogens (tertiary/aromatic N) is 1. The molecule has 0 heterocycles. The Balaban J connectivity index is 1.47. The van der Waals surface area contributed by atoms with Crippen molar-refractivity contribution in [1.29, 1.82) is 0 Å². The second kappa shape index (κ2) is 17.6. The van der Waals surface area contributed by atoms with Crippen LogP contribution in [0.2, 0.25) is 0 Å². The van der Waals surface area contributed by atoms with E-state index in [0.29, 0.717) is 12.4 Å². The van der Waals surface area contributed by atoms with E-state index in [9.17, 15) is 9.90 Å². The summed E-state index contributed by atoms with van der Waals surface area (Å²) in [5, 5.41) is 9.30. The molecule has 34 heavy (non-hydrogen) atoms. The molecule has 0 radical (unpaired) electrons. The first-order chi connectivity index (χ1) is 16.7. The topological polar surface area (TPSA) is 68.1 Å². The van der Waals surface area contributed by atoms with Crippen molar-refractivity contribution in [2.75, 3.05) is 13.2 Å². The number of hydrogen-bond donors (Lipinski definition) is 1. The molecule has 0 unspecified atom stereocenters. The van der Waals surface area contributed by atoms with E-state index in [0.717, 1.165) is 24.1 Å². The maximum absolute atomic E-state index is 11.9. The average molecular weight is 468 g/mol. The molecule has 0 aliphatic carbocycles. The van der Waals surface area contributed by atoms with Crippen LogP contribution >= 0.6 is 0 Å². The Morgan fingerprint density at radius 1 is 0.794 bits per heavy atom. The highest BCUT2D eigenvalue weighted by atomic mass is 16.6. The van der Waals surface area contributed by atoms with Crippen LogP contribution in [-0.4, -0.2) is 30.5 Å². The lowest BCUT2D eigenvalue weighted by atomic mass is 10.1. The van der Waals surface area contributed by atoms with E-state index >= 15 is 0 Å². The summed E-state index contributed by atoms with van der Waals surface area (Å²) in [6.07, 6.45) is 17.2. The van der Waals surface area contributed by atoms with Gasteiger partial charge in [0, 0.05) is 6.21 Å². The van der Waals surface area contributed by atoms with Gasteiger partial charge >= 0.3 is 5.97 Å². The molecular weight excluding hydrogens is 426 g/mol. The van der Waals surface area contributed by atoms with E-state index in [1.165, 1.54) is 64.2 Å². The van der Waals surface area contributed by atoms with Crippen LogP contribution in [0.5, 0.6) is 11.5 Å². The number of carbonyl (C=O) groups is 1. The molecule has 186 valence electrons. The highest BCUT2D eigenvalue weighted by Gasteiger charge is 2.04. The molecule has 0 saturated heterocycles. The molecule has 0 fully saturated rings. The van der Waals surface area contributed by atoms with Gasteiger partial charge in [0.1, 0.15) is 11.5 Å². The molecule has 0 spiro atoms. The number of benzene rings is 2. The number of carbonyl (C=O) groups excluding carboxylic acids is 1. The molecule has 0 aliphatic rings. The number of aliphatic imine (C=N–C) groups is 1. The van der Waals surface area contributed by atoms with Crippen LogP contribution in [0.25, 0.3) is 0 Å². The van der Waals surface area contributed by atoms with Gasteiger partial charge in [0.2, 0.25) is 0 Å². The Morgan fingerprint density at radius 3 is 1.94 bits per heavy atom. The van der Waals surface area contributed by atoms with E-state index in [4.69, 9.17) is 9.47 Å². The van der Waals surface area contributed by atoms with Gasteiger partial charge in [0.25, 0.3) is 0 Å². The second-order valence-corrected chi connectivity index (χ2v) is 8.74. The zero-order chi connectivity index (χ0) is 24.3. The summed E-state index contributed by atoms with van der Waals surface area (Å²) in [6, 6.07) is 14.0. The van der Waals surface area contributed by atoms with Crippen molar-refractivity contribution in [3.63, 3.8) is 0 Å². The van der Waals surface area contributed by atoms with Crippen molar-refractivity contribution in [2.45, 2.75) is 84.0 Å². The lowest BCUT2D eigenvalue weighted by Crippen LogP contribution is -2.15. The average Bonchev–Trinajstić information content (AvgIpc) is 2.86. The van der Waals surface area contributed by atoms with Crippen molar-refractivity contribution in [1.82, 2.24) is 0 Å². The summed E-state index contributed by atoms with van der Waals surface area (Å²) in [7, 11) is 0. The molecule has 0 aliphatic heterocycles. The monoisotopic (exact) mass is 467 g/mol. The molecule has 0 bridgehead atoms. The van der Waals surface area contributed by atoms with Gasteiger partial charge in [-0.15, -0.1) is 0 Å². The number of phenolic OH excluding ortho intramolecular Hbond substituents is 1. The third-order valence-corrected chi connectivity index (χ3v) is 5.71. The Bertz CT molecular complexity index is 815. The standard InChI is InChI=1S/C29H41NO4/c1-2-3-4-5-6-7-8-9-10-11-12-13-22-33-29(32)24-34-28-20-14-25(15-21-28)23-30-26-16-18-27(31)19-17-26/h14-21,23,31H,2-13,22,24H2,1H3. The minimum absolute atomic E-state index is 0.0841. The number of rotatable bonds is 18. The first-order valence-electron chi connectivity index (χ1n) is 12.9. The summed E-state index contributed by atoms with van der Waals surface area (Å²) < 4.78 is 10.8. The fourth-order valence-electron chi connectivity index (χ4n) is 3.65. The number of hydrogen-bond acceptors (Lipinski definition) is 5. The Kier molecular flexibility index (Phi) is 14.2. The van der Waals surface area contributed by atoms with Gasteiger partial charge in [-0.05, 0) is 60.5 Å². The minimum atomic E-state index is -0.332. The van der Waals surface area contributed by atoms with Crippen LogP contribution < -0.4 is 4.74 Å². The predicted molar refractivity (Wildman–Crippen MR) is 139 cm³/mol. The van der Waals surface area contributed by atoms with Crippen molar-refractivity contribution in [2.24, 2.45) is 4.99 Å². The molecule has 5 heteroatoms. The molecule has 1 N–H and O–H groups in total. The van der Waals surface area contributed by atoms with E-state index in [1.807, 2.05) is 12.1 Å². The Morgan fingerprint density at radius 2 is 1.35 bits per heavy atom. The molecule has 2 rings (SSSR count). The van der Waals surface area contributed by atoms with Crippen LogP contribution in [0.1, 0.15) is 89.5 Å². The molecule has 0 atom stereocenters. The quantitative estimate of drug-likeness (QED) is 0.138. The van der Waals surface area contributed by atoms with Gasteiger partial charge in [-0.25, -0.2) is 4.79 Å². The highest BCUT2D eigenvalue weighted by Crippen LogP contribution is 2.17. The molecule has 2 aromatic rings. The smallest absolute Gasteiger partial charge is 0.344 e. The summed E-state index contributed by atoms with van der Waals surface area (Å²) in [6.45, 7) is 2.64. The zero-order valence-electron chi connectivity index (χ0n) is 20.7. The molecule has 2 aromatic carbocycles. The molecule has 0 saturated carbocycles. The van der Waals surface area contributed by atoms with Crippen molar-refractivity contribution < 1.29 is 19.4 Å². The molecular formula is C29H41NO4. The fraction of sp³-hybridized carbons (Fsp3) is 0.517. The normalized spacial score (nSPS) is 11.1. The molecule has 0 amide bonds. The lowest BCUT2D eigenvalue weighted by molar-refractivity contribution is -0.146. The highest BCUT2D eigenvalue weighted by molar-refractivity contribution is 5.82. The van der Waals surface area contributed by atoms with Crippen LogP contribution in [0.15, 0.2) is 53.5 Å². The predicted octanol–water partition coefficient (Wildman–Crippen LogP) is 7.77. The summed E-state index contributed by atoms with van der Waals surface area (Å²) in [5.41, 5.74) is 1.67. The number of aromatic hydroxyl groups is 1. The molecule has 5 nitrogen and oxygen atoms in total. The Hall–Kier alpha value is -2.82. The SMILES string of the molecule is CCCCCCCCCCCCCCOC(=O)COc1ccc(C=Nc2ccc(O)cc2)cc1. The number of phenols is 1. The van der Waals surface area contributed by atoms with Crippen molar-refractivity contribution in [3.05, 3.63) is 54.1 Å². The van der Waals surface area contributed by atoms with Gasteiger partial charge in [0.05, 0.1) is 12.3 Å². The summed E-state index contributed by atoms with van der Waals surface area (Å²) in [4.78, 5) is 16.2.